The maximum atomic E-state index is 12.0. The molecule has 3 rings (SSSR count). The second-order valence-corrected chi connectivity index (χ2v) is 6.88. The highest BCUT2D eigenvalue weighted by Gasteiger charge is 2.34. The van der Waals surface area contributed by atoms with Crippen molar-refractivity contribution >= 4 is 35.3 Å². The van der Waals surface area contributed by atoms with Crippen LogP contribution in [0.15, 0.2) is 35.5 Å². The molecule has 2 aliphatic carbocycles. The molecular weight excluding hydrogens is 335 g/mol. The van der Waals surface area contributed by atoms with Crippen LogP contribution in [0.1, 0.15) is 19.8 Å². The number of carbonyl (C=O) groups is 1. The van der Waals surface area contributed by atoms with E-state index in [2.05, 4.69) is 22.7 Å². The van der Waals surface area contributed by atoms with Gasteiger partial charge in [0.25, 0.3) is 5.91 Å². The van der Waals surface area contributed by atoms with Crippen molar-refractivity contribution in [3.05, 3.63) is 40.4 Å². The van der Waals surface area contributed by atoms with Crippen LogP contribution in [-0.2, 0) is 4.79 Å². The molecule has 1 amide bonds. The average Bonchev–Trinajstić information content (AvgIpc) is 3.12. The van der Waals surface area contributed by atoms with Crippen LogP contribution in [0.4, 0.5) is 0 Å². The van der Waals surface area contributed by atoms with Gasteiger partial charge in [-0.25, -0.2) is 5.43 Å². The standard InChI is InChI=1S/C17H18Cl2N2O2/c1-10(23-16-5-4-14(18)8-15(16)19)17(22)21-20-9-13-7-11-2-3-12(13)6-11/h2-5,8-13H,6-7H2,1H3,(H,21,22)/b20-9+. The molecule has 4 atom stereocenters. The van der Waals surface area contributed by atoms with Crippen LogP contribution in [0.3, 0.4) is 0 Å². The Morgan fingerprint density at radius 1 is 1.39 bits per heavy atom. The van der Waals surface area contributed by atoms with Gasteiger partial charge in [0.2, 0.25) is 0 Å². The fourth-order valence-corrected chi connectivity index (χ4v) is 3.55. The summed E-state index contributed by atoms with van der Waals surface area (Å²) in [6, 6.07) is 4.87. The fourth-order valence-electron chi connectivity index (χ4n) is 3.10. The van der Waals surface area contributed by atoms with Gasteiger partial charge in [-0.2, -0.15) is 5.10 Å². The third kappa shape index (κ3) is 3.88. The number of rotatable bonds is 5. The highest BCUT2D eigenvalue weighted by atomic mass is 35.5. The number of hydrogen-bond donors (Lipinski definition) is 1. The first-order chi connectivity index (χ1) is 11.0. The average molecular weight is 353 g/mol. The zero-order valence-corrected chi connectivity index (χ0v) is 14.2. The van der Waals surface area contributed by atoms with Crippen molar-refractivity contribution in [2.24, 2.45) is 22.9 Å². The minimum Gasteiger partial charge on any atom is -0.479 e. The minimum absolute atomic E-state index is 0.314. The van der Waals surface area contributed by atoms with Gasteiger partial charge in [-0.05, 0) is 49.8 Å². The third-order valence-corrected chi connectivity index (χ3v) is 4.87. The molecule has 0 aromatic heterocycles. The monoisotopic (exact) mass is 352 g/mol. The number of allylic oxidation sites excluding steroid dienone is 2. The number of ether oxygens (including phenoxy) is 1. The van der Waals surface area contributed by atoms with Crippen molar-refractivity contribution < 1.29 is 9.53 Å². The van der Waals surface area contributed by atoms with Gasteiger partial charge in [0, 0.05) is 17.2 Å². The van der Waals surface area contributed by atoms with E-state index >= 15 is 0 Å². The second kappa shape index (κ2) is 6.93. The summed E-state index contributed by atoms with van der Waals surface area (Å²) >= 11 is 11.9. The van der Waals surface area contributed by atoms with Crippen LogP contribution in [0.2, 0.25) is 10.0 Å². The molecule has 4 nitrogen and oxygen atoms in total. The Morgan fingerprint density at radius 3 is 2.87 bits per heavy atom. The van der Waals surface area contributed by atoms with Crippen molar-refractivity contribution in [2.75, 3.05) is 0 Å². The molecule has 0 radical (unpaired) electrons. The molecule has 0 saturated heterocycles. The van der Waals surface area contributed by atoms with Gasteiger partial charge in [0.1, 0.15) is 5.75 Å². The molecule has 2 aliphatic rings. The predicted molar refractivity (Wildman–Crippen MR) is 92.0 cm³/mol. The number of amides is 1. The van der Waals surface area contributed by atoms with E-state index in [1.165, 1.54) is 6.42 Å². The number of halogens is 2. The Kier molecular flexibility index (Phi) is 4.93. The second-order valence-electron chi connectivity index (χ2n) is 6.03. The molecule has 23 heavy (non-hydrogen) atoms. The number of nitrogens with one attached hydrogen (secondary N) is 1. The topological polar surface area (TPSA) is 50.7 Å². The summed E-state index contributed by atoms with van der Waals surface area (Å²) in [5.74, 6) is 1.78. The summed E-state index contributed by atoms with van der Waals surface area (Å²) in [6.07, 6.45) is 7.99. The van der Waals surface area contributed by atoms with E-state index in [1.807, 2.05) is 6.21 Å². The lowest BCUT2D eigenvalue weighted by atomic mass is 9.95. The van der Waals surface area contributed by atoms with Crippen molar-refractivity contribution in [2.45, 2.75) is 25.9 Å². The zero-order chi connectivity index (χ0) is 16.4. The molecule has 0 aliphatic heterocycles. The molecule has 0 spiro atoms. The Hall–Kier alpha value is -1.52. The van der Waals surface area contributed by atoms with E-state index in [9.17, 15) is 4.79 Å². The van der Waals surface area contributed by atoms with Crippen molar-refractivity contribution in [3.8, 4) is 5.75 Å². The number of hydrazone groups is 1. The first-order valence-corrected chi connectivity index (χ1v) is 8.41. The summed E-state index contributed by atoms with van der Waals surface area (Å²) < 4.78 is 5.55. The van der Waals surface area contributed by atoms with Crippen LogP contribution in [-0.4, -0.2) is 18.2 Å². The quantitative estimate of drug-likeness (QED) is 0.493. The summed E-state index contributed by atoms with van der Waals surface area (Å²) in [6.45, 7) is 1.65. The van der Waals surface area contributed by atoms with Gasteiger partial charge in [-0.15, -0.1) is 0 Å². The lowest BCUT2D eigenvalue weighted by molar-refractivity contribution is -0.127. The molecule has 0 heterocycles. The molecule has 1 aromatic carbocycles. The zero-order valence-electron chi connectivity index (χ0n) is 12.7. The van der Waals surface area contributed by atoms with Gasteiger partial charge in [-0.1, -0.05) is 35.4 Å². The summed E-state index contributed by atoms with van der Waals surface area (Å²) in [5.41, 5.74) is 2.53. The molecular formula is C17H18Cl2N2O2. The van der Waals surface area contributed by atoms with E-state index in [0.717, 1.165) is 6.42 Å². The summed E-state index contributed by atoms with van der Waals surface area (Å²) in [5, 5.41) is 4.97. The first kappa shape index (κ1) is 16.3. The number of benzene rings is 1. The Bertz CT molecular complexity index is 660. The van der Waals surface area contributed by atoms with Gasteiger partial charge < -0.3 is 4.74 Å². The van der Waals surface area contributed by atoms with Gasteiger partial charge >= 0.3 is 0 Å². The molecule has 1 aromatic rings. The maximum Gasteiger partial charge on any atom is 0.280 e. The number of hydrogen-bond acceptors (Lipinski definition) is 3. The van der Waals surface area contributed by atoms with Crippen molar-refractivity contribution in [1.82, 2.24) is 5.43 Å². The Morgan fingerprint density at radius 2 is 2.22 bits per heavy atom. The maximum absolute atomic E-state index is 12.0. The Labute approximate surface area is 145 Å². The lowest BCUT2D eigenvalue weighted by Crippen LogP contribution is -2.33. The van der Waals surface area contributed by atoms with Gasteiger partial charge in [0.15, 0.2) is 6.10 Å². The van der Waals surface area contributed by atoms with Crippen molar-refractivity contribution in [3.63, 3.8) is 0 Å². The van der Waals surface area contributed by atoms with Crippen LogP contribution >= 0.6 is 23.2 Å². The number of fused-ring (bicyclic) bond motifs is 2. The predicted octanol–water partition coefficient (Wildman–Crippen LogP) is 4.07. The van der Waals surface area contributed by atoms with Crippen LogP contribution < -0.4 is 10.2 Å². The van der Waals surface area contributed by atoms with Crippen LogP contribution in [0.25, 0.3) is 0 Å². The molecule has 1 N–H and O–H groups in total. The molecule has 4 unspecified atom stereocenters. The summed E-state index contributed by atoms with van der Waals surface area (Å²) in [7, 11) is 0. The van der Waals surface area contributed by atoms with Gasteiger partial charge in [0.05, 0.1) is 5.02 Å². The first-order valence-electron chi connectivity index (χ1n) is 7.66. The van der Waals surface area contributed by atoms with Crippen molar-refractivity contribution in [1.29, 1.82) is 0 Å². The van der Waals surface area contributed by atoms with E-state index in [1.54, 1.807) is 25.1 Å². The largest absolute Gasteiger partial charge is 0.479 e. The Balaban J connectivity index is 1.50. The molecule has 1 fully saturated rings. The highest BCUT2D eigenvalue weighted by Crippen LogP contribution is 2.42. The van der Waals surface area contributed by atoms with E-state index < -0.39 is 6.10 Å². The lowest BCUT2D eigenvalue weighted by Gasteiger charge is -2.15. The summed E-state index contributed by atoms with van der Waals surface area (Å²) in [4.78, 5) is 12.0. The fraction of sp³-hybridized carbons (Fsp3) is 0.412. The molecule has 2 bridgehead atoms. The van der Waals surface area contributed by atoms with E-state index in [-0.39, 0.29) is 5.91 Å². The van der Waals surface area contributed by atoms with Crippen LogP contribution in [0.5, 0.6) is 5.75 Å². The molecule has 122 valence electrons. The van der Waals surface area contributed by atoms with E-state index in [4.69, 9.17) is 27.9 Å². The van der Waals surface area contributed by atoms with E-state index in [0.29, 0.717) is 33.5 Å². The smallest absolute Gasteiger partial charge is 0.280 e. The third-order valence-electron chi connectivity index (χ3n) is 4.34. The van der Waals surface area contributed by atoms with Crippen LogP contribution in [0, 0.1) is 17.8 Å². The highest BCUT2D eigenvalue weighted by molar-refractivity contribution is 6.35. The molecule has 1 saturated carbocycles. The number of nitrogens with zero attached hydrogens (tertiary/aromatic N) is 1. The van der Waals surface area contributed by atoms with Gasteiger partial charge in [-0.3, -0.25) is 4.79 Å². The number of carbonyl (C=O) groups excluding carboxylic acids is 1. The SMILES string of the molecule is CC(Oc1ccc(Cl)cc1Cl)C(=O)N/N=C/C1CC2C=CC1C2. The molecule has 6 heteroatoms. The normalized spacial score (nSPS) is 26.7. The minimum atomic E-state index is -0.703.